The Hall–Kier alpha value is -3.40. The average Bonchev–Trinajstić information content (AvgIpc) is 2.88. The Labute approximate surface area is 236 Å². The molecule has 4 rings (SSSR count). The van der Waals surface area contributed by atoms with Gasteiger partial charge >= 0.3 is 0 Å². The van der Waals surface area contributed by atoms with Gasteiger partial charge in [0.25, 0.3) is 5.56 Å². The van der Waals surface area contributed by atoms with E-state index in [-0.39, 0.29) is 17.6 Å². The molecule has 0 N–H and O–H groups in total. The first-order chi connectivity index (χ1) is 18.1. The molecule has 3 aromatic carbocycles. The number of nitrogens with zero attached hydrogens (tertiary/aromatic N) is 3. The number of para-hydroxylation sites is 1. The summed E-state index contributed by atoms with van der Waals surface area (Å²) in [6, 6.07) is 15.1. The molecule has 38 heavy (non-hydrogen) atoms. The SMILES string of the molecule is COc1cc(C)c(-c2nc3ccccc3c(=O)n2N=Cc2cc(I)c(OC(C)C)c(OC)c2)cc1C(C)C. The lowest BCUT2D eigenvalue weighted by molar-refractivity contribution is 0.228. The van der Waals surface area contributed by atoms with Crippen LogP contribution in [0.3, 0.4) is 0 Å². The zero-order valence-corrected chi connectivity index (χ0v) is 24.9. The van der Waals surface area contributed by atoms with Gasteiger partial charge in [0, 0.05) is 5.56 Å². The number of hydrogen-bond acceptors (Lipinski definition) is 6. The molecule has 7 nitrogen and oxygen atoms in total. The second-order valence-electron chi connectivity index (χ2n) is 9.58. The summed E-state index contributed by atoms with van der Waals surface area (Å²) >= 11 is 2.22. The molecule has 198 valence electrons. The number of aromatic nitrogens is 2. The van der Waals surface area contributed by atoms with E-state index in [9.17, 15) is 4.79 Å². The molecular formula is C30H32IN3O4. The third-order valence-electron chi connectivity index (χ3n) is 6.12. The highest BCUT2D eigenvalue weighted by Gasteiger charge is 2.19. The molecule has 0 fully saturated rings. The molecule has 8 heteroatoms. The van der Waals surface area contributed by atoms with Crippen molar-refractivity contribution in [3.8, 4) is 28.6 Å². The monoisotopic (exact) mass is 625 g/mol. The number of halogens is 1. The van der Waals surface area contributed by atoms with Gasteiger partial charge in [-0.25, -0.2) is 4.98 Å². The molecule has 0 atom stereocenters. The predicted octanol–water partition coefficient (Wildman–Crippen LogP) is 6.79. The molecule has 0 spiro atoms. The summed E-state index contributed by atoms with van der Waals surface area (Å²) in [5.74, 6) is 2.78. The number of fused-ring (bicyclic) bond motifs is 1. The molecule has 0 aliphatic heterocycles. The maximum Gasteiger partial charge on any atom is 0.282 e. The van der Waals surface area contributed by atoms with Gasteiger partial charge in [-0.15, -0.1) is 0 Å². The molecule has 0 aliphatic rings. The lowest BCUT2D eigenvalue weighted by Gasteiger charge is -2.17. The van der Waals surface area contributed by atoms with Crippen molar-refractivity contribution in [2.24, 2.45) is 5.10 Å². The highest BCUT2D eigenvalue weighted by molar-refractivity contribution is 14.1. The van der Waals surface area contributed by atoms with Crippen LogP contribution in [-0.4, -0.2) is 36.2 Å². The van der Waals surface area contributed by atoms with Gasteiger partial charge in [0.1, 0.15) is 5.75 Å². The molecule has 1 heterocycles. The Bertz CT molecular complexity index is 1570. The minimum absolute atomic E-state index is 0.00482. The van der Waals surface area contributed by atoms with Gasteiger partial charge in [-0.05, 0) is 102 Å². The van der Waals surface area contributed by atoms with Crippen LogP contribution in [0.25, 0.3) is 22.3 Å². The number of aryl methyl sites for hydroxylation is 1. The van der Waals surface area contributed by atoms with Crippen LogP contribution in [-0.2, 0) is 0 Å². The van der Waals surface area contributed by atoms with E-state index in [0.29, 0.717) is 28.2 Å². The lowest BCUT2D eigenvalue weighted by atomic mass is 9.96. The summed E-state index contributed by atoms with van der Waals surface area (Å²) in [4.78, 5) is 18.6. The maximum absolute atomic E-state index is 13.7. The summed E-state index contributed by atoms with van der Waals surface area (Å²) in [5.41, 5.74) is 3.93. The average molecular weight is 626 g/mol. The molecule has 0 amide bonds. The standard InChI is InChI=1S/C30H32IN3O4/c1-17(2)22-15-23(19(5)12-26(22)36-6)29-33-25-11-9-8-10-21(25)30(35)34(29)32-16-20-13-24(31)28(38-18(3)4)27(14-20)37-7/h8-18H,1-7H3. The van der Waals surface area contributed by atoms with Gasteiger partial charge in [-0.2, -0.15) is 9.78 Å². The van der Waals surface area contributed by atoms with E-state index < -0.39 is 0 Å². The Balaban J connectivity index is 1.93. The van der Waals surface area contributed by atoms with Crippen molar-refractivity contribution in [2.75, 3.05) is 14.2 Å². The smallest absolute Gasteiger partial charge is 0.282 e. The molecular weight excluding hydrogens is 593 g/mol. The van der Waals surface area contributed by atoms with Crippen LogP contribution >= 0.6 is 22.6 Å². The minimum Gasteiger partial charge on any atom is -0.496 e. The highest BCUT2D eigenvalue weighted by Crippen LogP contribution is 2.35. The van der Waals surface area contributed by atoms with Crippen LogP contribution in [0, 0.1) is 10.5 Å². The van der Waals surface area contributed by atoms with Gasteiger partial charge < -0.3 is 14.2 Å². The molecule has 0 saturated heterocycles. The zero-order valence-electron chi connectivity index (χ0n) is 22.7. The Kier molecular flexibility index (Phi) is 8.40. The van der Waals surface area contributed by atoms with E-state index in [0.717, 1.165) is 31.6 Å². The first kappa shape index (κ1) is 27.6. The normalized spacial score (nSPS) is 11.6. The maximum atomic E-state index is 13.7. The van der Waals surface area contributed by atoms with E-state index in [1.807, 2.05) is 63.2 Å². The van der Waals surface area contributed by atoms with Crippen molar-refractivity contribution in [2.45, 2.75) is 46.6 Å². The van der Waals surface area contributed by atoms with Crippen molar-refractivity contribution < 1.29 is 14.2 Å². The third-order valence-corrected chi connectivity index (χ3v) is 6.92. The molecule has 0 radical (unpaired) electrons. The molecule has 1 aromatic heterocycles. The van der Waals surface area contributed by atoms with E-state index in [1.165, 1.54) is 4.68 Å². The topological polar surface area (TPSA) is 74.9 Å². The first-order valence-electron chi connectivity index (χ1n) is 12.4. The van der Waals surface area contributed by atoms with Crippen LogP contribution in [0.5, 0.6) is 17.2 Å². The van der Waals surface area contributed by atoms with Crippen molar-refractivity contribution in [3.05, 3.63) is 79.1 Å². The van der Waals surface area contributed by atoms with Crippen LogP contribution < -0.4 is 19.8 Å². The fraction of sp³-hybridized carbons (Fsp3) is 0.300. The van der Waals surface area contributed by atoms with Gasteiger partial charge in [0.15, 0.2) is 17.3 Å². The Morgan fingerprint density at radius 2 is 1.71 bits per heavy atom. The quantitative estimate of drug-likeness (QED) is 0.159. The number of hydrogen-bond donors (Lipinski definition) is 0. The summed E-state index contributed by atoms with van der Waals surface area (Å²) in [6.45, 7) is 10.1. The number of rotatable bonds is 8. The number of benzene rings is 3. The summed E-state index contributed by atoms with van der Waals surface area (Å²) < 4.78 is 19.4. The minimum atomic E-state index is -0.246. The van der Waals surface area contributed by atoms with Crippen molar-refractivity contribution in [1.82, 2.24) is 9.66 Å². The first-order valence-corrected chi connectivity index (χ1v) is 13.5. The van der Waals surface area contributed by atoms with E-state index in [1.54, 1.807) is 26.5 Å². The van der Waals surface area contributed by atoms with Gasteiger partial charge in [0.2, 0.25) is 0 Å². The largest absolute Gasteiger partial charge is 0.496 e. The zero-order chi connectivity index (χ0) is 27.6. The van der Waals surface area contributed by atoms with Gasteiger partial charge in [-0.3, -0.25) is 4.79 Å². The predicted molar refractivity (Wildman–Crippen MR) is 161 cm³/mol. The number of ether oxygens (including phenoxy) is 3. The van der Waals surface area contributed by atoms with Crippen LogP contribution in [0.2, 0.25) is 0 Å². The molecule has 0 bridgehead atoms. The second-order valence-corrected chi connectivity index (χ2v) is 10.7. The van der Waals surface area contributed by atoms with E-state index in [4.69, 9.17) is 19.2 Å². The van der Waals surface area contributed by atoms with Gasteiger partial charge in [0.05, 0.1) is 41.0 Å². The Morgan fingerprint density at radius 1 is 1.00 bits per heavy atom. The molecule has 0 unspecified atom stereocenters. The molecule has 0 saturated carbocycles. The summed E-state index contributed by atoms with van der Waals surface area (Å²) in [7, 11) is 3.27. The fourth-order valence-electron chi connectivity index (χ4n) is 4.26. The highest BCUT2D eigenvalue weighted by atomic mass is 127. The Morgan fingerprint density at radius 3 is 2.37 bits per heavy atom. The van der Waals surface area contributed by atoms with Crippen LogP contribution in [0.1, 0.15) is 50.3 Å². The number of methoxy groups -OCH3 is 2. The summed E-state index contributed by atoms with van der Waals surface area (Å²) in [6.07, 6.45) is 1.65. The lowest BCUT2D eigenvalue weighted by Crippen LogP contribution is -2.21. The second kappa shape index (κ2) is 11.6. The van der Waals surface area contributed by atoms with Crippen LogP contribution in [0.15, 0.2) is 58.4 Å². The third kappa shape index (κ3) is 5.55. The van der Waals surface area contributed by atoms with Crippen molar-refractivity contribution in [3.63, 3.8) is 0 Å². The van der Waals surface area contributed by atoms with E-state index >= 15 is 0 Å². The van der Waals surface area contributed by atoms with Crippen LogP contribution in [0.4, 0.5) is 0 Å². The van der Waals surface area contributed by atoms with E-state index in [2.05, 4.69) is 41.5 Å². The van der Waals surface area contributed by atoms with Crippen molar-refractivity contribution >= 4 is 39.7 Å². The fourth-order valence-corrected chi connectivity index (χ4v) is 5.01. The summed E-state index contributed by atoms with van der Waals surface area (Å²) in [5, 5.41) is 5.15. The van der Waals surface area contributed by atoms with Gasteiger partial charge in [-0.1, -0.05) is 26.0 Å². The molecule has 0 aliphatic carbocycles. The van der Waals surface area contributed by atoms with Crippen molar-refractivity contribution in [1.29, 1.82) is 0 Å². The molecule has 4 aromatic rings.